The van der Waals surface area contributed by atoms with E-state index in [0.29, 0.717) is 36.0 Å². The van der Waals surface area contributed by atoms with Crippen molar-refractivity contribution < 1.29 is 49.0 Å². The molecule has 47 heavy (non-hydrogen) atoms. The van der Waals surface area contributed by atoms with E-state index in [9.17, 15) is 30.0 Å². The summed E-state index contributed by atoms with van der Waals surface area (Å²) in [6, 6.07) is -2.03. The number of carbonyl (C=O) groups excluding carboxylic acids is 1. The first-order valence-electron chi connectivity index (χ1n) is 13.9. The van der Waals surface area contributed by atoms with Gasteiger partial charge in [-0.2, -0.15) is 0 Å². The number of H-pyrrole nitrogens is 3. The highest BCUT2D eigenvalue weighted by Gasteiger charge is 2.45. The molecule has 0 radical (unpaired) electrons. The van der Waals surface area contributed by atoms with Crippen LogP contribution in [0, 0.1) is 3.57 Å². The van der Waals surface area contributed by atoms with Crippen molar-refractivity contribution in [2.45, 2.75) is 55.6 Å². The van der Waals surface area contributed by atoms with Crippen LogP contribution in [0.3, 0.4) is 0 Å². The fraction of sp³-hybridized carbons (Fsp3) is 0.407. The first kappa shape index (κ1) is 35.3. The number of nitrogens with zero attached hydrogens (tertiary/aromatic N) is 2. The summed E-state index contributed by atoms with van der Waals surface area (Å²) >= 11 is 12.2. The summed E-state index contributed by atoms with van der Waals surface area (Å²) in [6.07, 6.45) is -0.0249. The molecule has 4 aromatic rings. The zero-order valence-corrected chi connectivity index (χ0v) is 28.6. The number of ether oxygens (including phenoxy) is 4. The van der Waals surface area contributed by atoms with Gasteiger partial charge < -0.3 is 65.4 Å². The molecule has 17 nitrogen and oxygen atoms in total. The Balaban J connectivity index is 1.27. The summed E-state index contributed by atoms with van der Waals surface area (Å²) in [5.74, 6) is -1.75. The molecular weight excluding hydrogens is 825 g/mol. The summed E-state index contributed by atoms with van der Waals surface area (Å²) in [5.41, 5.74) is 7.90. The summed E-state index contributed by atoms with van der Waals surface area (Å²) in [7, 11) is 0. The van der Waals surface area contributed by atoms with Crippen molar-refractivity contribution in [3.8, 4) is 5.75 Å². The number of aliphatic carboxylic acids is 1. The number of carbonyl (C=O) groups is 2. The molecule has 1 aliphatic heterocycles. The topological polar surface area (TPSA) is 263 Å². The molecule has 1 fully saturated rings. The summed E-state index contributed by atoms with van der Waals surface area (Å²) in [4.78, 5) is 40.9. The van der Waals surface area contributed by atoms with E-state index in [1.54, 1.807) is 0 Å². The first-order chi connectivity index (χ1) is 22.5. The van der Waals surface area contributed by atoms with E-state index in [4.69, 9.17) is 36.3 Å². The van der Waals surface area contributed by atoms with Gasteiger partial charge in [-0.1, -0.05) is 11.6 Å². The zero-order valence-electron chi connectivity index (χ0n) is 24.1. The molecular formula is C27H30BrClIN7O10. The van der Waals surface area contributed by atoms with E-state index in [1.807, 2.05) is 22.6 Å². The molecule has 10 N–H and O–H groups in total. The Hall–Kier alpha value is -3.02. The van der Waals surface area contributed by atoms with Gasteiger partial charge in [0, 0.05) is 42.8 Å². The number of anilines is 1. The molecule has 4 heterocycles. The van der Waals surface area contributed by atoms with Crippen LogP contribution >= 0.6 is 50.1 Å². The van der Waals surface area contributed by atoms with Crippen LogP contribution in [0.4, 0.5) is 5.69 Å². The number of aliphatic hydroxyl groups is 3. The summed E-state index contributed by atoms with van der Waals surface area (Å²) in [5, 5.41) is 45.3. The number of imidazole rings is 2. The number of hydrogen-bond donors (Lipinski definition) is 9. The highest BCUT2D eigenvalue weighted by Crippen LogP contribution is 2.45. The molecule has 0 amide bonds. The van der Waals surface area contributed by atoms with E-state index >= 15 is 0 Å². The van der Waals surface area contributed by atoms with Crippen molar-refractivity contribution in [2.24, 2.45) is 5.73 Å². The molecule has 1 aromatic carbocycles. The summed E-state index contributed by atoms with van der Waals surface area (Å²) in [6.45, 7) is -0.877. The predicted octanol–water partition coefficient (Wildman–Crippen LogP) is 1.02. The SMILES string of the molecule is N[C@@H](Cc1cnc[nH]1)C(=O)OCOC[C@H]1O[C@@H](Oc2c[nH]c3c(NC(Cc4cnc[nH]4)C(=O)O)c(I)c(Br)c(Cl)c23)[C@H](O)[C@@H](O)[C@H]1O. The molecule has 1 unspecified atom stereocenters. The van der Waals surface area contributed by atoms with Crippen molar-refractivity contribution >= 4 is 78.7 Å². The number of nitrogens with two attached hydrogens (primary N) is 1. The van der Waals surface area contributed by atoms with Gasteiger partial charge in [-0.3, -0.25) is 4.79 Å². The minimum atomic E-state index is -1.70. The lowest BCUT2D eigenvalue weighted by Crippen LogP contribution is -2.60. The molecule has 20 heteroatoms. The minimum absolute atomic E-state index is 0.0954. The molecule has 254 valence electrons. The average molecular weight is 855 g/mol. The van der Waals surface area contributed by atoms with Crippen LogP contribution in [0.25, 0.3) is 10.9 Å². The molecule has 0 saturated carbocycles. The normalized spacial score (nSPS) is 22.6. The number of rotatable bonds is 14. The Morgan fingerprint density at radius 1 is 1.11 bits per heavy atom. The third-order valence-corrected chi connectivity index (χ3v) is 10.5. The maximum Gasteiger partial charge on any atom is 0.326 e. The van der Waals surface area contributed by atoms with Crippen LogP contribution in [-0.2, 0) is 36.6 Å². The Labute approximate surface area is 292 Å². The van der Waals surface area contributed by atoms with Gasteiger partial charge in [0.2, 0.25) is 6.29 Å². The van der Waals surface area contributed by atoms with Crippen molar-refractivity contribution in [3.05, 3.63) is 55.7 Å². The molecule has 0 aliphatic carbocycles. The second-order valence-electron chi connectivity index (χ2n) is 10.5. The number of aromatic nitrogens is 5. The van der Waals surface area contributed by atoms with Gasteiger partial charge in [0.05, 0.1) is 48.9 Å². The maximum atomic E-state index is 12.2. The quantitative estimate of drug-likeness (QED) is 0.0282. The lowest BCUT2D eigenvalue weighted by Gasteiger charge is -2.40. The lowest BCUT2D eigenvalue weighted by atomic mass is 9.99. The molecule has 0 bridgehead atoms. The number of aliphatic hydroxyl groups excluding tert-OH is 3. The number of hydrogen-bond acceptors (Lipinski definition) is 13. The second kappa shape index (κ2) is 15.5. The smallest absolute Gasteiger partial charge is 0.326 e. The van der Waals surface area contributed by atoms with Crippen molar-refractivity contribution in [1.82, 2.24) is 24.9 Å². The summed E-state index contributed by atoms with van der Waals surface area (Å²) < 4.78 is 23.1. The van der Waals surface area contributed by atoms with Gasteiger partial charge in [0.1, 0.15) is 42.2 Å². The van der Waals surface area contributed by atoms with Gasteiger partial charge in [0.15, 0.2) is 6.79 Å². The number of aromatic amines is 3. The van der Waals surface area contributed by atoms with Crippen LogP contribution in [0.2, 0.25) is 5.02 Å². The van der Waals surface area contributed by atoms with Gasteiger partial charge in [0.25, 0.3) is 0 Å². The maximum absolute atomic E-state index is 12.2. The predicted molar refractivity (Wildman–Crippen MR) is 176 cm³/mol. The number of nitrogens with one attached hydrogen (secondary N) is 4. The Bertz CT molecular complexity index is 1680. The highest BCUT2D eigenvalue weighted by molar-refractivity contribution is 14.1. The molecule has 5 rings (SSSR count). The van der Waals surface area contributed by atoms with Crippen LogP contribution < -0.4 is 15.8 Å². The van der Waals surface area contributed by atoms with Gasteiger partial charge in [-0.25, -0.2) is 14.8 Å². The second-order valence-corrected chi connectivity index (χ2v) is 12.8. The highest BCUT2D eigenvalue weighted by atomic mass is 127. The number of esters is 1. The van der Waals surface area contributed by atoms with Crippen LogP contribution in [0.1, 0.15) is 11.4 Å². The first-order valence-corrected chi connectivity index (χ1v) is 16.2. The van der Waals surface area contributed by atoms with Gasteiger partial charge >= 0.3 is 11.9 Å². The molecule has 1 saturated heterocycles. The van der Waals surface area contributed by atoms with E-state index in [-0.39, 0.29) is 30.2 Å². The number of fused-ring (bicyclic) bond motifs is 1. The standard InChI is InChI=1S/C27H30BrClIN7O10/c28-17-18(29)16-14(5-34-20(16)21(19(17)30)37-13(25(41)42)2-11-4-33-8-36-11)46-27-24(40)23(39)22(38)15(47-27)6-44-9-45-26(43)12(31)1-10-3-32-7-35-10/h3-5,7-8,12-13,15,22-24,27,34,37-40H,1-2,6,9,31H2,(H,32,35)(H,33,36)(H,41,42)/t12-,13?,15+,22-,23-,24+,27+/m0/s1. The fourth-order valence-corrected chi connectivity index (χ4v) is 6.36. The third-order valence-electron chi connectivity index (χ3n) is 7.29. The minimum Gasteiger partial charge on any atom is -0.480 e. The van der Waals surface area contributed by atoms with Crippen molar-refractivity contribution in [1.29, 1.82) is 0 Å². The van der Waals surface area contributed by atoms with Crippen molar-refractivity contribution in [2.75, 3.05) is 18.7 Å². The monoisotopic (exact) mass is 853 g/mol. The molecule has 0 spiro atoms. The van der Waals surface area contributed by atoms with Crippen LogP contribution in [0.15, 0.2) is 35.7 Å². The van der Waals surface area contributed by atoms with Crippen molar-refractivity contribution in [3.63, 3.8) is 0 Å². The third kappa shape index (κ3) is 8.00. The number of halogens is 3. The number of benzene rings is 1. The average Bonchev–Trinajstić information content (AvgIpc) is 3.84. The van der Waals surface area contributed by atoms with E-state index in [1.165, 1.54) is 31.2 Å². The fourth-order valence-electron chi connectivity index (χ4n) is 4.83. The zero-order chi connectivity index (χ0) is 33.8. The van der Waals surface area contributed by atoms with E-state index in [2.05, 4.69) is 46.2 Å². The van der Waals surface area contributed by atoms with Gasteiger partial charge in [-0.15, -0.1) is 0 Å². The number of carboxylic acid groups (broad SMARTS) is 1. The lowest BCUT2D eigenvalue weighted by molar-refractivity contribution is -0.282. The molecule has 3 aromatic heterocycles. The largest absolute Gasteiger partial charge is 0.480 e. The van der Waals surface area contributed by atoms with Gasteiger partial charge in [-0.05, 0) is 38.5 Å². The van der Waals surface area contributed by atoms with E-state index in [0.717, 1.165) is 0 Å². The number of carboxylic acids is 1. The molecule has 7 atom stereocenters. The van der Waals surface area contributed by atoms with Crippen LogP contribution in [0.5, 0.6) is 5.75 Å². The Morgan fingerprint density at radius 2 is 1.79 bits per heavy atom. The Kier molecular flexibility index (Phi) is 11.6. The molecule has 1 aliphatic rings. The van der Waals surface area contributed by atoms with E-state index < -0.39 is 61.5 Å². The Morgan fingerprint density at radius 3 is 2.43 bits per heavy atom. The van der Waals surface area contributed by atoms with Crippen LogP contribution in [-0.4, -0.2) is 113 Å².